The molecule has 1 aromatic heterocycles. The second-order valence-corrected chi connectivity index (χ2v) is 6.11. The van der Waals surface area contributed by atoms with Crippen LogP contribution in [-0.2, 0) is 4.79 Å². The Morgan fingerprint density at radius 1 is 1.38 bits per heavy atom. The number of nitrogens with one attached hydrogen (secondary N) is 1. The van der Waals surface area contributed by atoms with Gasteiger partial charge in [0.25, 0.3) is 0 Å². The van der Waals surface area contributed by atoms with Gasteiger partial charge in [0.1, 0.15) is 0 Å². The van der Waals surface area contributed by atoms with Crippen molar-refractivity contribution in [2.45, 2.75) is 33.7 Å². The summed E-state index contributed by atoms with van der Waals surface area (Å²) < 4.78 is 5.16. The molecule has 0 spiro atoms. The number of aromatic nitrogens is 2. The van der Waals surface area contributed by atoms with Crippen LogP contribution in [0.1, 0.15) is 26.3 Å². The number of nitrogens with zero attached hydrogens (tertiary/aromatic N) is 2. The molecule has 1 aromatic carbocycles. The number of nitrogens with two attached hydrogens (primary N) is 1. The van der Waals surface area contributed by atoms with E-state index < -0.39 is 6.04 Å². The van der Waals surface area contributed by atoms with Crippen molar-refractivity contribution in [1.29, 1.82) is 0 Å². The molecular weight excluding hydrogens is 268 g/mol. The van der Waals surface area contributed by atoms with E-state index in [-0.39, 0.29) is 11.3 Å². The lowest BCUT2D eigenvalue weighted by molar-refractivity contribution is -0.119. The summed E-state index contributed by atoms with van der Waals surface area (Å²) in [5, 5.41) is 10.4. The number of anilines is 1. The van der Waals surface area contributed by atoms with Crippen molar-refractivity contribution in [2.24, 2.45) is 11.1 Å². The van der Waals surface area contributed by atoms with Crippen LogP contribution < -0.4 is 11.1 Å². The number of aryl methyl sites for hydroxylation is 1. The van der Waals surface area contributed by atoms with Crippen molar-refractivity contribution in [3.63, 3.8) is 0 Å². The summed E-state index contributed by atoms with van der Waals surface area (Å²) in [6.45, 7) is 7.70. The molecule has 112 valence electrons. The molecule has 6 nitrogen and oxygen atoms in total. The van der Waals surface area contributed by atoms with E-state index >= 15 is 0 Å². The Bertz CT molecular complexity index is 630. The largest absolute Gasteiger partial charge is 0.423 e. The van der Waals surface area contributed by atoms with E-state index in [2.05, 4.69) is 15.5 Å². The zero-order valence-corrected chi connectivity index (χ0v) is 12.7. The van der Waals surface area contributed by atoms with Crippen LogP contribution in [0, 0.1) is 12.3 Å². The highest BCUT2D eigenvalue weighted by Gasteiger charge is 2.27. The lowest BCUT2D eigenvalue weighted by Crippen LogP contribution is -2.45. The number of carbonyl (C=O) groups is 1. The molecule has 0 radical (unpaired) electrons. The van der Waals surface area contributed by atoms with Crippen LogP contribution in [0.15, 0.2) is 29.0 Å². The van der Waals surface area contributed by atoms with E-state index in [0.29, 0.717) is 11.6 Å². The van der Waals surface area contributed by atoms with Gasteiger partial charge in [-0.1, -0.05) is 26.8 Å². The van der Waals surface area contributed by atoms with E-state index in [1.54, 1.807) is 6.07 Å². The molecule has 0 fully saturated rings. The normalized spacial score (nSPS) is 13.0. The minimum atomic E-state index is -0.594. The van der Waals surface area contributed by atoms with Crippen LogP contribution in [0.25, 0.3) is 11.5 Å². The van der Waals surface area contributed by atoms with Gasteiger partial charge in [-0.2, -0.15) is 0 Å². The summed E-state index contributed by atoms with van der Waals surface area (Å²) in [7, 11) is 0. The number of amides is 1. The molecule has 1 amide bonds. The quantitative estimate of drug-likeness (QED) is 0.904. The monoisotopic (exact) mass is 288 g/mol. The van der Waals surface area contributed by atoms with Crippen LogP contribution >= 0.6 is 0 Å². The fourth-order valence-corrected chi connectivity index (χ4v) is 1.79. The Kier molecular flexibility index (Phi) is 4.09. The molecule has 1 atom stereocenters. The first-order valence-corrected chi connectivity index (χ1v) is 6.72. The van der Waals surface area contributed by atoms with Crippen molar-refractivity contribution >= 4 is 11.6 Å². The number of hydrogen-bond donors (Lipinski definition) is 2. The van der Waals surface area contributed by atoms with Gasteiger partial charge in [-0.25, -0.2) is 0 Å². The summed E-state index contributed by atoms with van der Waals surface area (Å²) >= 11 is 0. The summed E-state index contributed by atoms with van der Waals surface area (Å²) in [4.78, 5) is 12.2. The smallest absolute Gasteiger partial charge is 0.247 e. The SMILES string of the molecule is Cc1ccc(-c2nnco2)cc1NC(=O)C(N)C(C)(C)C. The molecule has 0 saturated heterocycles. The topological polar surface area (TPSA) is 94.0 Å². The Morgan fingerprint density at radius 2 is 2.10 bits per heavy atom. The molecule has 0 aliphatic carbocycles. The van der Waals surface area contributed by atoms with E-state index in [1.807, 2.05) is 39.8 Å². The first-order chi connectivity index (χ1) is 9.79. The standard InChI is InChI=1S/C15H20N4O2/c1-9-5-6-10(14-19-17-8-21-14)7-11(9)18-13(20)12(16)15(2,3)4/h5-8,12H,16H2,1-4H3,(H,18,20). The maximum absolute atomic E-state index is 12.2. The molecule has 2 rings (SSSR count). The summed E-state index contributed by atoms with van der Waals surface area (Å²) in [5.41, 5.74) is 8.04. The Hall–Kier alpha value is -2.21. The van der Waals surface area contributed by atoms with Crippen molar-refractivity contribution < 1.29 is 9.21 Å². The van der Waals surface area contributed by atoms with Crippen LogP contribution in [0.5, 0.6) is 0 Å². The van der Waals surface area contributed by atoms with E-state index in [4.69, 9.17) is 10.2 Å². The molecule has 1 unspecified atom stereocenters. The molecule has 6 heteroatoms. The van der Waals surface area contributed by atoms with E-state index in [9.17, 15) is 4.79 Å². The van der Waals surface area contributed by atoms with Gasteiger partial charge < -0.3 is 15.5 Å². The van der Waals surface area contributed by atoms with Crippen molar-refractivity contribution in [3.05, 3.63) is 30.2 Å². The van der Waals surface area contributed by atoms with E-state index in [0.717, 1.165) is 11.1 Å². The Morgan fingerprint density at radius 3 is 2.67 bits per heavy atom. The van der Waals surface area contributed by atoms with Crippen molar-refractivity contribution in [2.75, 3.05) is 5.32 Å². The van der Waals surface area contributed by atoms with Crippen LogP contribution in [0.3, 0.4) is 0 Å². The predicted molar refractivity (Wildman–Crippen MR) is 80.5 cm³/mol. The Balaban J connectivity index is 2.24. The summed E-state index contributed by atoms with van der Waals surface area (Å²) in [5.74, 6) is 0.193. The van der Waals surface area contributed by atoms with Crippen LogP contribution in [-0.4, -0.2) is 22.1 Å². The van der Waals surface area contributed by atoms with Gasteiger partial charge in [0.2, 0.25) is 18.2 Å². The first-order valence-electron chi connectivity index (χ1n) is 6.72. The van der Waals surface area contributed by atoms with Gasteiger partial charge in [0.05, 0.1) is 6.04 Å². The minimum Gasteiger partial charge on any atom is -0.423 e. The van der Waals surface area contributed by atoms with Crippen LogP contribution in [0.4, 0.5) is 5.69 Å². The summed E-state index contributed by atoms with van der Waals surface area (Å²) in [6.07, 6.45) is 1.27. The second kappa shape index (κ2) is 5.65. The lowest BCUT2D eigenvalue weighted by Gasteiger charge is -2.26. The molecule has 3 N–H and O–H groups in total. The van der Waals surface area contributed by atoms with Gasteiger partial charge in [-0.3, -0.25) is 4.79 Å². The third kappa shape index (κ3) is 3.46. The predicted octanol–water partition coefficient (Wildman–Crippen LogP) is 2.36. The highest BCUT2D eigenvalue weighted by molar-refractivity contribution is 5.96. The first kappa shape index (κ1) is 15.2. The molecule has 0 aliphatic rings. The second-order valence-electron chi connectivity index (χ2n) is 6.11. The molecule has 1 heterocycles. The number of carbonyl (C=O) groups excluding carboxylic acids is 1. The molecule has 0 bridgehead atoms. The zero-order chi connectivity index (χ0) is 15.6. The molecule has 0 saturated carbocycles. The minimum absolute atomic E-state index is 0.215. The Labute approximate surface area is 123 Å². The third-order valence-corrected chi connectivity index (χ3v) is 3.32. The molecule has 2 aromatic rings. The average Bonchev–Trinajstić information content (AvgIpc) is 2.93. The molecular formula is C15H20N4O2. The van der Waals surface area contributed by atoms with Crippen LogP contribution in [0.2, 0.25) is 0 Å². The molecule has 0 aliphatic heterocycles. The average molecular weight is 288 g/mol. The maximum Gasteiger partial charge on any atom is 0.247 e. The fraction of sp³-hybridized carbons (Fsp3) is 0.400. The molecule has 21 heavy (non-hydrogen) atoms. The number of hydrogen-bond acceptors (Lipinski definition) is 5. The van der Waals surface area contributed by atoms with Crippen molar-refractivity contribution in [3.8, 4) is 11.5 Å². The highest BCUT2D eigenvalue weighted by Crippen LogP contribution is 2.25. The van der Waals surface area contributed by atoms with Gasteiger partial charge in [0.15, 0.2) is 0 Å². The fourth-order valence-electron chi connectivity index (χ4n) is 1.79. The van der Waals surface area contributed by atoms with Crippen molar-refractivity contribution in [1.82, 2.24) is 10.2 Å². The maximum atomic E-state index is 12.2. The lowest BCUT2D eigenvalue weighted by atomic mass is 9.87. The van der Waals surface area contributed by atoms with Gasteiger partial charge in [0, 0.05) is 11.3 Å². The summed E-state index contributed by atoms with van der Waals surface area (Å²) in [6, 6.07) is 4.96. The van der Waals surface area contributed by atoms with Gasteiger partial charge in [-0.15, -0.1) is 10.2 Å². The highest BCUT2D eigenvalue weighted by atomic mass is 16.4. The van der Waals surface area contributed by atoms with E-state index in [1.165, 1.54) is 6.39 Å². The number of rotatable bonds is 3. The number of benzene rings is 1. The van der Waals surface area contributed by atoms with Gasteiger partial charge >= 0.3 is 0 Å². The zero-order valence-electron chi connectivity index (χ0n) is 12.7. The third-order valence-electron chi connectivity index (χ3n) is 3.32. The van der Waals surface area contributed by atoms with Gasteiger partial charge in [-0.05, 0) is 30.0 Å².